The highest BCUT2D eigenvalue weighted by Gasteiger charge is 2.38. The molecule has 8 nitrogen and oxygen atoms in total. The number of halogens is 6. The molecule has 4 aromatic rings. The van der Waals surface area contributed by atoms with E-state index in [-0.39, 0.29) is 40.8 Å². The van der Waals surface area contributed by atoms with Gasteiger partial charge in [0, 0.05) is 22.7 Å². The highest BCUT2D eigenvalue weighted by atomic mass is 35.5. The number of carbonyl (C=O) groups excluding carboxylic acids is 2. The number of hydrogen-bond donors (Lipinski definition) is 2. The number of aromatic nitrogens is 3. The fourth-order valence-electron chi connectivity index (χ4n) is 4.44. The summed E-state index contributed by atoms with van der Waals surface area (Å²) in [6, 6.07) is 9.95. The summed E-state index contributed by atoms with van der Waals surface area (Å²) in [5, 5.41) is 6.87. The second-order valence-electron chi connectivity index (χ2n) is 8.85. The quantitative estimate of drug-likeness (QED) is 0.334. The van der Waals surface area contributed by atoms with E-state index in [4.69, 9.17) is 28.9 Å². The summed E-state index contributed by atoms with van der Waals surface area (Å²) in [4.78, 5) is 30.8. The second-order valence-corrected chi connectivity index (χ2v) is 9.70. The molecule has 3 heterocycles. The van der Waals surface area contributed by atoms with E-state index in [1.165, 1.54) is 47.4 Å². The number of hydrogen-bond acceptors (Lipinski definition) is 5. The fourth-order valence-corrected chi connectivity index (χ4v) is 4.76. The van der Waals surface area contributed by atoms with Gasteiger partial charge in [0.1, 0.15) is 18.0 Å². The van der Waals surface area contributed by atoms with Crippen LogP contribution >= 0.6 is 23.2 Å². The maximum absolute atomic E-state index is 14.8. The zero-order chi connectivity index (χ0) is 28.1. The zero-order valence-corrected chi connectivity index (χ0v) is 21.2. The van der Waals surface area contributed by atoms with Crippen molar-refractivity contribution in [3.8, 4) is 11.3 Å². The number of anilines is 1. The van der Waals surface area contributed by atoms with Gasteiger partial charge in [0.05, 0.1) is 34.4 Å². The third-order valence-electron chi connectivity index (χ3n) is 6.34. The molecule has 39 heavy (non-hydrogen) atoms. The van der Waals surface area contributed by atoms with E-state index in [1.54, 1.807) is 0 Å². The van der Waals surface area contributed by atoms with Gasteiger partial charge >= 0.3 is 6.18 Å². The average Bonchev–Trinajstić information content (AvgIpc) is 3.46. The van der Waals surface area contributed by atoms with Crippen molar-refractivity contribution in [2.45, 2.75) is 18.4 Å². The van der Waals surface area contributed by atoms with Crippen LogP contribution in [0.1, 0.15) is 26.3 Å². The minimum Gasteiger partial charge on any atom is -0.382 e. The topological polar surface area (TPSA) is 106 Å². The average molecular weight is 581 g/mol. The van der Waals surface area contributed by atoms with Gasteiger partial charge < -0.3 is 16.0 Å². The Labute approximate surface area is 228 Å². The van der Waals surface area contributed by atoms with Crippen LogP contribution in [-0.4, -0.2) is 56.6 Å². The molecule has 0 unspecified atom stereocenters. The van der Waals surface area contributed by atoms with Gasteiger partial charge in [0.2, 0.25) is 0 Å². The lowest BCUT2D eigenvalue weighted by molar-refractivity contribution is -0.136. The summed E-state index contributed by atoms with van der Waals surface area (Å²) < 4.78 is 56.9. The third kappa shape index (κ3) is 5.09. The van der Waals surface area contributed by atoms with Crippen molar-refractivity contribution < 1.29 is 27.2 Å². The minimum atomic E-state index is -4.75. The first kappa shape index (κ1) is 26.7. The van der Waals surface area contributed by atoms with Crippen molar-refractivity contribution in [2.24, 2.45) is 0 Å². The fraction of sp³-hybridized carbons (Fsp3) is 0.200. The number of nitrogens with zero attached hydrogens (tertiary/aromatic N) is 4. The standard InChI is InChI=1S/C25H18Cl2F4N6O2/c26-14-4-1-12(2-5-14)24(39)36-9-18(28)19(10-36)35-23(38)15-7-13(3-6-17(15)27)20-8-16(25(29,30)31)21-22(32)33-11-34-37(20)21/h1-8,11,18-19H,9-10H2,(H,35,38)(H2,32,33,34)/t18-,19+/m0/s1. The van der Waals surface area contributed by atoms with Gasteiger partial charge in [-0.1, -0.05) is 29.3 Å². The van der Waals surface area contributed by atoms with Gasteiger partial charge in [0.15, 0.2) is 5.82 Å². The molecule has 2 atom stereocenters. The molecule has 0 bridgehead atoms. The van der Waals surface area contributed by atoms with Crippen molar-refractivity contribution in [1.29, 1.82) is 0 Å². The van der Waals surface area contributed by atoms with Crippen LogP contribution in [0.15, 0.2) is 54.9 Å². The number of benzene rings is 2. The number of nitrogens with one attached hydrogen (secondary N) is 1. The summed E-state index contributed by atoms with van der Waals surface area (Å²) in [6.45, 7) is -0.335. The smallest absolute Gasteiger partial charge is 0.382 e. The Hall–Kier alpha value is -3.90. The highest BCUT2D eigenvalue weighted by Crippen LogP contribution is 2.39. The number of nitrogen functional groups attached to an aromatic ring is 1. The summed E-state index contributed by atoms with van der Waals surface area (Å²) in [6.07, 6.45) is -5.30. The van der Waals surface area contributed by atoms with E-state index in [2.05, 4.69) is 15.4 Å². The summed E-state index contributed by atoms with van der Waals surface area (Å²) >= 11 is 12.1. The van der Waals surface area contributed by atoms with Crippen LogP contribution in [0.25, 0.3) is 16.8 Å². The molecule has 2 aromatic carbocycles. The molecule has 0 radical (unpaired) electrons. The number of rotatable bonds is 4. The second kappa shape index (κ2) is 10.0. The van der Waals surface area contributed by atoms with Crippen LogP contribution < -0.4 is 11.1 Å². The Balaban J connectivity index is 1.40. The van der Waals surface area contributed by atoms with Crippen LogP contribution in [0.3, 0.4) is 0 Å². The van der Waals surface area contributed by atoms with Gasteiger partial charge in [-0.05, 0) is 42.5 Å². The first-order valence-electron chi connectivity index (χ1n) is 11.4. The largest absolute Gasteiger partial charge is 0.418 e. The molecular formula is C25H18Cl2F4N6O2. The van der Waals surface area contributed by atoms with E-state index >= 15 is 0 Å². The van der Waals surface area contributed by atoms with Crippen LogP contribution in [0, 0.1) is 0 Å². The Morgan fingerprint density at radius 1 is 1.05 bits per heavy atom. The van der Waals surface area contributed by atoms with E-state index in [9.17, 15) is 27.2 Å². The van der Waals surface area contributed by atoms with E-state index < -0.39 is 41.3 Å². The first-order valence-corrected chi connectivity index (χ1v) is 12.2. The molecule has 1 saturated heterocycles. The van der Waals surface area contributed by atoms with Crippen molar-refractivity contribution in [3.05, 3.63) is 81.6 Å². The van der Waals surface area contributed by atoms with Gasteiger partial charge in [0.25, 0.3) is 11.8 Å². The van der Waals surface area contributed by atoms with Crippen molar-refractivity contribution in [3.63, 3.8) is 0 Å². The van der Waals surface area contributed by atoms with Crippen LogP contribution in [-0.2, 0) is 6.18 Å². The maximum Gasteiger partial charge on any atom is 0.418 e. The van der Waals surface area contributed by atoms with E-state index in [0.717, 1.165) is 16.9 Å². The molecule has 14 heteroatoms. The predicted molar refractivity (Wildman–Crippen MR) is 136 cm³/mol. The molecule has 0 spiro atoms. The Kier molecular flexibility index (Phi) is 6.85. The summed E-state index contributed by atoms with van der Waals surface area (Å²) in [5.74, 6) is -1.56. The van der Waals surface area contributed by atoms with Gasteiger partial charge in [-0.2, -0.15) is 18.3 Å². The molecule has 3 N–H and O–H groups in total. The van der Waals surface area contributed by atoms with E-state index in [0.29, 0.717) is 10.6 Å². The number of likely N-dealkylation sites (tertiary alicyclic amines) is 1. The van der Waals surface area contributed by atoms with Crippen molar-refractivity contribution in [2.75, 3.05) is 18.8 Å². The molecule has 0 saturated carbocycles. The zero-order valence-electron chi connectivity index (χ0n) is 19.7. The van der Waals surface area contributed by atoms with Crippen molar-refractivity contribution in [1.82, 2.24) is 24.8 Å². The molecule has 2 amide bonds. The monoisotopic (exact) mass is 580 g/mol. The number of nitrogens with two attached hydrogens (primary N) is 1. The number of carbonyl (C=O) groups is 2. The van der Waals surface area contributed by atoms with Gasteiger partial charge in [-0.3, -0.25) is 9.59 Å². The Morgan fingerprint density at radius 3 is 2.46 bits per heavy atom. The van der Waals surface area contributed by atoms with Crippen LogP contribution in [0.4, 0.5) is 23.4 Å². The lowest BCUT2D eigenvalue weighted by Crippen LogP contribution is -2.41. The Morgan fingerprint density at radius 2 is 1.77 bits per heavy atom. The molecular weight excluding hydrogens is 563 g/mol. The van der Waals surface area contributed by atoms with Crippen LogP contribution in [0.5, 0.6) is 0 Å². The minimum absolute atomic E-state index is 0.00945. The number of fused-ring (bicyclic) bond motifs is 1. The van der Waals surface area contributed by atoms with Gasteiger partial charge in [-0.25, -0.2) is 13.9 Å². The molecule has 0 aliphatic carbocycles. The summed E-state index contributed by atoms with van der Waals surface area (Å²) in [7, 11) is 0. The molecule has 202 valence electrons. The maximum atomic E-state index is 14.8. The van der Waals surface area contributed by atoms with Crippen LogP contribution in [0.2, 0.25) is 10.0 Å². The third-order valence-corrected chi connectivity index (χ3v) is 6.92. The van der Waals surface area contributed by atoms with Gasteiger partial charge in [-0.15, -0.1) is 0 Å². The number of alkyl halides is 4. The molecule has 1 aliphatic heterocycles. The molecule has 1 fully saturated rings. The summed E-state index contributed by atoms with van der Waals surface area (Å²) in [5.41, 5.74) is 4.60. The van der Waals surface area contributed by atoms with Crippen molar-refractivity contribution >= 4 is 46.4 Å². The molecule has 1 aliphatic rings. The normalized spacial score (nSPS) is 17.5. The van der Waals surface area contributed by atoms with E-state index in [1.807, 2.05) is 0 Å². The SMILES string of the molecule is Nc1ncnn2c(-c3ccc(Cl)c(C(=O)N[C@@H]4CN(C(=O)c5ccc(Cl)cc5)C[C@@H]4F)c3)cc(C(F)(F)F)c12. The molecule has 2 aromatic heterocycles. The highest BCUT2D eigenvalue weighted by molar-refractivity contribution is 6.34. The first-order chi connectivity index (χ1) is 18.4. The lowest BCUT2D eigenvalue weighted by atomic mass is 10.1. The Bertz CT molecular complexity index is 1590. The predicted octanol–water partition coefficient (Wildman–Crippen LogP) is 4.90. The number of amides is 2. The lowest BCUT2D eigenvalue weighted by Gasteiger charge is -2.17. The molecule has 5 rings (SSSR count).